The average Bonchev–Trinajstić information content (AvgIpc) is 2.59. The third-order valence-corrected chi connectivity index (χ3v) is 3.87. The molecular formula is C19H33N3O3. The van der Waals surface area contributed by atoms with Crippen molar-refractivity contribution in [3.63, 3.8) is 0 Å². The lowest BCUT2D eigenvalue weighted by Crippen LogP contribution is -2.45. The minimum atomic E-state index is 0.0762. The van der Waals surface area contributed by atoms with Crippen LogP contribution in [0.15, 0.2) is 29.3 Å². The first-order valence-corrected chi connectivity index (χ1v) is 8.65. The maximum absolute atomic E-state index is 5.71. The molecule has 1 aromatic rings. The van der Waals surface area contributed by atoms with E-state index in [0.29, 0.717) is 13.2 Å². The zero-order chi connectivity index (χ0) is 18.7. The number of hydrogen-bond acceptors (Lipinski definition) is 4. The molecule has 1 atom stereocenters. The van der Waals surface area contributed by atoms with Crippen molar-refractivity contribution in [3.8, 4) is 11.5 Å². The summed E-state index contributed by atoms with van der Waals surface area (Å²) in [6.45, 7) is 8.62. The smallest absolute Gasteiger partial charge is 0.191 e. The fourth-order valence-electron chi connectivity index (χ4n) is 2.29. The topological polar surface area (TPSA) is 64.1 Å². The van der Waals surface area contributed by atoms with Crippen LogP contribution < -0.4 is 20.1 Å². The molecule has 0 bridgehead atoms. The highest BCUT2D eigenvalue weighted by molar-refractivity contribution is 5.79. The van der Waals surface area contributed by atoms with Gasteiger partial charge in [-0.25, -0.2) is 0 Å². The predicted octanol–water partition coefficient (Wildman–Crippen LogP) is 2.69. The first-order valence-electron chi connectivity index (χ1n) is 8.65. The van der Waals surface area contributed by atoms with Gasteiger partial charge in [-0.3, -0.25) is 4.99 Å². The largest absolute Gasteiger partial charge is 0.497 e. The van der Waals surface area contributed by atoms with Crippen molar-refractivity contribution >= 4 is 5.96 Å². The second-order valence-electron chi connectivity index (χ2n) is 6.85. The van der Waals surface area contributed by atoms with Crippen LogP contribution in [-0.2, 0) is 4.74 Å². The second-order valence-corrected chi connectivity index (χ2v) is 6.85. The molecule has 0 aromatic heterocycles. The zero-order valence-corrected chi connectivity index (χ0v) is 16.4. The molecule has 0 saturated carbocycles. The van der Waals surface area contributed by atoms with Crippen molar-refractivity contribution in [1.29, 1.82) is 0 Å². The number of aliphatic imine (C=N–C) groups is 1. The molecule has 1 unspecified atom stereocenters. The Labute approximate surface area is 152 Å². The Morgan fingerprint density at radius 1 is 1.08 bits per heavy atom. The number of hydrogen-bond donors (Lipinski definition) is 2. The molecule has 1 aromatic carbocycles. The number of nitrogens with one attached hydrogen (secondary N) is 2. The van der Waals surface area contributed by atoms with Crippen LogP contribution in [-0.4, -0.2) is 53.0 Å². The van der Waals surface area contributed by atoms with Gasteiger partial charge >= 0.3 is 0 Å². The van der Waals surface area contributed by atoms with E-state index in [2.05, 4.69) is 36.4 Å². The van der Waals surface area contributed by atoms with Gasteiger partial charge in [-0.2, -0.15) is 0 Å². The van der Waals surface area contributed by atoms with Gasteiger partial charge in [0.05, 0.1) is 19.8 Å². The fourth-order valence-corrected chi connectivity index (χ4v) is 2.29. The maximum atomic E-state index is 5.71. The summed E-state index contributed by atoms with van der Waals surface area (Å²) in [7, 11) is 5.16. The Hall–Kier alpha value is -1.95. The third kappa shape index (κ3) is 8.12. The summed E-state index contributed by atoms with van der Waals surface area (Å²) in [4.78, 5) is 4.24. The summed E-state index contributed by atoms with van der Waals surface area (Å²) in [5, 5.41) is 6.60. The standard InChI is InChI=1S/C19H33N3O3/c1-19(2,3)17(24-6)14-22-18(20-4)21-12-7-13-25-16-10-8-15(23-5)9-11-16/h8-11,17H,7,12-14H2,1-6H3,(H2,20,21,22). The number of guanidine groups is 1. The SMILES string of the molecule is CN=C(NCCCOc1ccc(OC)cc1)NCC(OC)C(C)(C)C. The van der Waals surface area contributed by atoms with E-state index < -0.39 is 0 Å². The Kier molecular flexibility index (Phi) is 9.13. The minimum Gasteiger partial charge on any atom is -0.497 e. The molecule has 0 fully saturated rings. The third-order valence-electron chi connectivity index (χ3n) is 3.87. The quantitative estimate of drug-likeness (QED) is 0.407. The normalized spacial score (nSPS) is 13.3. The van der Waals surface area contributed by atoms with Crippen molar-refractivity contribution in [3.05, 3.63) is 24.3 Å². The molecule has 142 valence electrons. The second kappa shape index (κ2) is 10.8. The van der Waals surface area contributed by atoms with Crippen molar-refractivity contribution < 1.29 is 14.2 Å². The molecule has 0 amide bonds. The van der Waals surface area contributed by atoms with Gasteiger partial charge < -0.3 is 24.8 Å². The number of rotatable bonds is 9. The van der Waals surface area contributed by atoms with Crippen LogP contribution in [0.3, 0.4) is 0 Å². The molecule has 1 rings (SSSR count). The van der Waals surface area contributed by atoms with E-state index in [1.165, 1.54) is 0 Å². The summed E-state index contributed by atoms with van der Waals surface area (Å²) >= 11 is 0. The number of methoxy groups -OCH3 is 2. The van der Waals surface area contributed by atoms with Crippen molar-refractivity contribution in [2.45, 2.75) is 33.3 Å². The predicted molar refractivity (Wildman–Crippen MR) is 103 cm³/mol. The molecule has 0 aliphatic heterocycles. The van der Waals surface area contributed by atoms with E-state index >= 15 is 0 Å². The van der Waals surface area contributed by atoms with Crippen molar-refractivity contribution in [2.24, 2.45) is 10.4 Å². The van der Waals surface area contributed by atoms with E-state index in [9.17, 15) is 0 Å². The molecule has 0 aliphatic carbocycles. The summed E-state index contributed by atoms with van der Waals surface area (Å²) in [5.74, 6) is 2.45. The van der Waals surface area contributed by atoms with Gasteiger partial charge in [-0.05, 0) is 36.1 Å². The number of benzene rings is 1. The van der Waals surface area contributed by atoms with Gasteiger partial charge in [-0.15, -0.1) is 0 Å². The van der Waals surface area contributed by atoms with E-state index in [-0.39, 0.29) is 11.5 Å². The Morgan fingerprint density at radius 3 is 2.24 bits per heavy atom. The van der Waals surface area contributed by atoms with Crippen LogP contribution in [0.4, 0.5) is 0 Å². The van der Waals surface area contributed by atoms with Crippen molar-refractivity contribution in [2.75, 3.05) is 41.0 Å². The molecule has 0 radical (unpaired) electrons. The van der Waals surface area contributed by atoms with Crippen LogP contribution in [0.2, 0.25) is 0 Å². The van der Waals surface area contributed by atoms with E-state index in [1.807, 2.05) is 24.3 Å². The van der Waals surface area contributed by atoms with E-state index in [1.54, 1.807) is 21.3 Å². The lowest BCUT2D eigenvalue weighted by Gasteiger charge is -2.30. The fraction of sp³-hybridized carbons (Fsp3) is 0.632. The summed E-state index contributed by atoms with van der Waals surface area (Å²) in [6.07, 6.45) is 0.990. The lowest BCUT2D eigenvalue weighted by molar-refractivity contribution is 0.0205. The van der Waals surface area contributed by atoms with Gasteiger partial charge in [-0.1, -0.05) is 20.8 Å². The molecular weight excluding hydrogens is 318 g/mol. The zero-order valence-electron chi connectivity index (χ0n) is 16.4. The molecule has 25 heavy (non-hydrogen) atoms. The summed E-state index contributed by atoms with van der Waals surface area (Å²) in [5.41, 5.74) is 0.0762. The maximum Gasteiger partial charge on any atom is 0.191 e. The first-order chi connectivity index (χ1) is 11.9. The highest BCUT2D eigenvalue weighted by Crippen LogP contribution is 2.21. The summed E-state index contributed by atoms with van der Waals surface area (Å²) < 4.78 is 16.4. The van der Waals surface area contributed by atoms with Crippen molar-refractivity contribution in [1.82, 2.24) is 10.6 Å². The molecule has 0 saturated heterocycles. The summed E-state index contributed by atoms with van der Waals surface area (Å²) in [6, 6.07) is 7.59. The molecule has 0 aliphatic rings. The molecule has 0 heterocycles. The molecule has 0 spiro atoms. The number of ether oxygens (including phenoxy) is 3. The Bertz CT molecular complexity index is 510. The molecule has 2 N–H and O–H groups in total. The highest BCUT2D eigenvalue weighted by Gasteiger charge is 2.24. The highest BCUT2D eigenvalue weighted by atomic mass is 16.5. The average molecular weight is 351 g/mol. The van der Waals surface area contributed by atoms with Gasteiger partial charge in [0, 0.05) is 27.2 Å². The van der Waals surface area contributed by atoms with Crippen LogP contribution in [0.1, 0.15) is 27.2 Å². The van der Waals surface area contributed by atoms with Gasteiger partial charge in [0.1, 0.15) is 11.5 Å². The van der Waals surface area contributed by atoms with Crippen LogP contribution in [0.5, 0.6) is 11.5 Å². The Balaban J connectivity index is 2.24. The van der Waals surface area contributed by atoms with E-state index in [0.717, 1.165) is 30.4 Å². The van der Waals surface area contributed by atoms with Gasteiger partial charge in [0.2, 0.25) is 0 Å². The van der Waals surface area contributed by atoms with E-state index in [4.69, 9.17) is 14.2 Å². The number of nitrogens with zero attached hydrogens (tertiary/aromatic N) is 1. The van der Waals surface area contributed by atoms with Gasteiger partial charge in [0.15, 0.2) is 5.96 Å². The lowest BCUT2D eigenvalue weighted by atomic mass is 9.89. The Morgan fingerprint density at radius 2 is 1.72 bits per heavy atom. The first kappa shape index (κ1) is 21.1. The van der Waals surface area contributed by atoms with Crippen LogP contribution in [0.25, 0.3) is 0 Å². The van der Waals surface area contributed by atoms with Crippen LogP contribution >= 0.6 is 0 Å². The molecule has 6 heteroatoms. The van der Waals surface area contributed by atoms with Crippen LogP contribution in [0, 0.1) is 5.41 Å². The minimum absolute atomic E-state index is 0.0762. The molecule has 6 nitrogen and oxygen atoms in total. The van der Waals surface area contributed by atoms with Gasteiger partial charge in [0.25, 0.3) is 0 Å². The monoisotopic (exact) mass is 351 g/mol.